The molecule has 0 saturated carbocycles. The Bertz CT molecular complexity index is 515. The van der Waals surface area contributed by atoms with E-state index in [1.807, 2.05) is 25.3 Å². The summed E-state index contributed by atoms with van der Waals surface area (Å²) in [6.07, 6.45) is 3.45. The van der Waals surface area contributed by atoms with Gasteiger partial charge in [0, 0.05) is 24.6 Å². The number of pyridine rings is 1. The molecule has 0 aliphatic rings. The third-order valence-corrected chi connectivity index (χ3v) is 2.91. The number of hydrogen-bond donors (Lipinski definition) is 1. The van der Waals surface area contributed by atoms with E-state index in [1.54, 1.807) is 6.20 Å². The third-order valence-electron chi connectivity index (χ3n) is 2.15. The lowest BCUT2D eigenvalue weighted by atomic mass is 10.2. The SMILES string of the molecule is Cc1ccc(CNc2nc(Cl)ncc2Br)cn1. The van der Waals surface area contributed by atoms with Gasteiger partial charge < -0.3 is 5.32 Å². The molecule has 0 amide bonds. The first kappa shape index (κ1) is 12.3. The predicted molar refractivity (Wildman–Crippen MR) is 71.0 cm³/mol. The highest BCUT2D eigenvalue weighted by Crippen LogP contribution is 2.20. The molecular weight excluding hydrogens is 304 g/mol. The van der Waals surface area contributed by atoms with Gasteiger partial charge in [-0.05, 0) is 46.1 Å². The molecule has 0 bridgehead atoms. The molecule has 2 heterocycles. The summed E-state index contributed by atoms with van der Waals surface area (Å²) in [5, 5.41) is 3.39. The van der Waals surface area contributed by atoms with E-state index in [0.29, 0.717) is 12.4 Å². The van der Waals surface area contributed by atoms with Gasteiger partial charge in [0.1, 0.15) is 5.82 Å². The molecule has 0 saturated heterocycles. The number of hydrogen-bond acceptors (Lipinski definition) is 4. The first-order valence-electron chi connectivity index (χ1n) is 4.98. The van der Waals surface area contributed by atoms with Crippen LogP contribution in [0.5, 0.6) is 0 Å². The van der Waals surface area contributed by atoms with Crippen molar-refractivity contribution in [2.45, 2.75) is 13.5 Å². The third kappa shape index (κ3) is 3.38. The Kier molecular flexibility index (Phi) is 3.91. The molecule has 2 aromatic rings. The second-order valence-corrected chi connectivity index (χ2v) is 4.69. The van der Waals surface area contributed by atoms with Crippen molar-refractivity contribution in [2.75, 3.05) is 5.32 Å². The number of aryl methyl sites for hydroxylation is 1. The minimum atomic E-state index is 0.220. The van der Waals surface area contributed by atoms with Crippen LogP contribution in [0.4, 0.5) is 5.82 Å². The summed E-state index contributed by atoms with van der Waals surface area (Å²) < 4.78 is 0.780. The largest absolute Gasteiger partial charge is 0.365 e. The van der Waals surface area contributed by atoms with Crippen molar-refractivity contribution in [1.29, 1.82) is 0 Å². The zero-order valence-corrected chi connectivity index (χ0v) is 11.5. The van der Waals surface area contributed by atoms with Crippen LogP contribution in [0.15, 0.2) is 29.0 Å². The fraction of sp³-hybridized carbons (Fsp3) is 0.182. The van der Waals surface area contributed by atoms with Crippen LogP contribution in [0, 0.1) is 6.92 Å². The van der Waals surface area contributed by atoms with Gasteiger partial charge >= 0.3 is 0 Å². The Labute approximate surface area is 113 Å². The van der Waals surface area contributed by atoms with Crippen LogP contribution in [-0.4, -0.2) is 15.0 Å². The first-order valence-corrected chi connectivity index (χ1v) is 6.15. The standard InChI is InChI=1S/C11H10BrClN4/c1-7-2-3-8(4-14-7)5-15-10-9(12)6-16-11(13)17-10/h2-4,6H,5H2,1H3,(H,15,16,17). The number of nitrogens with one attached hydrogen (secondary N) is 1. The average molecular weight is 314 g/mol. The van der Waals surface area contributed by atoms with Gasteiger partial charge in [-0.3, -0.25) is 4.98 Å². The van der Waals surface area contributed by atoms with Crippen LogP contribution in [0.3, 0.4) is 0 Å². The second kappa shape index (κ2) is 5.42. The number of nitrogens with zero attached hydrogens (tertiary/aromatic N) is 3. The van der Waals surface area contributed by atoms with Gasteiger partial charge in [-0.15, -0.1) is 0 Å². The molecular formula is C11H10BrClN4. The number of aromatic nitrogens is 3. The van der Waals surface area contributed by atoms with E-state index in [0.717, 1.165) is 15.7 Å². The van der Waals surface area contributed by atoms with E-state index in [2.05, 4.69) is 36.2 Å². The van der Waals surface area contributed by atoms with Crippen LogP contribution >= 0.6 is 27.5 Å². The van der Waals surface area contributed by atoms with E-state index in [4.69, 9.17) is 11.6 Å². The van der Waals surface area contributed by atoms with Crippen molar-refractivity contribution in [3.05, 3.63) is 45.5 Å². The van der Waals surface area contributed by atoms with Crippen LogP contribution in [0.1, 0.15) is 11.3 Å². The van der Waals surface area contributed by atoms with Gasteiger partial charge in [0.15, 0.2) is 0 Å². The Morgan fingerprint density at radius 2 is 2.12 bits per heavy atom. The Morgan fingerprint density at radius 3 is 2.82 bits per heavy atom. The molecule has 88 valence electrons. The summed E-state index contributed by atoms with van der Waals surface area (Å²) in [6, 6.07) is 3.99. The highest BCUT2D eigenvalue weighted by atomic mass is 79.9. The number of anilines is 1. The zero-order chi connectivity index (χ0) is 12.3. The molecule has 0 aliphatic heterocycles. The Hall–Kier alpha value is -1.20. The van der Waals surface area contributed by atoms with Gasteiger partial charge in [-0.25, -0.2) is 4.98 Å². The lowest BCUT2D eigenvalue weighted by Gasteiger charge is -2.07. The van der Waals surface area contributed by atoms with E-state index in [1.165, 1.54) is 0 Å². The highest BCUT2D eigenvalue weighted by Gasteiger charge is 2.03. The smallest absolute Gasteiger partial charge is 0.224 e. The van der Waals surface area contributed by atoms with Crippen LogP contribution in [0.25, 0.3) is 0 Å². The Morgan fingerprint density at radius 1 is 1.29 bits per heavy atom. The molecule has 0 unspecified atom stereocenters. The van der Waals surface area contributed by atoms with Crippen molar-refractivity contribution in [3.63, 3.8) is 0 Å². The topological polar surface area (TPSA) is 50.7 Å². The van der Waals surface area contributed by atoms with Crippen molar-refractivity contribution < 1.29 is 0 Å². The molecule has 0 aromatic carbocycles. The van der Waals surface area contributed by atoms with Crippen molar-refractivity contribution in [3.8, 4) is 0 Å². The summed E-state index contributed by atoms with van der Waals surface area (Å²) >= 11 is 9.08. The molecule has 6 heteroatoms. The molecule has 0 aliphatic carbocycles. The lowest BCUT2D eigenvalue weighted by Crippen LogP contribution is -2.03. The zero-order valence-electron chi connectivity index (χ0n) is 9.11. The summed E-state index contributed by atoms with van der Waals surface area (Å²) in [4.78, 5) is 12.2. The molecule has 4 nitrogen and oxygen atoms in total. The molecule has 1 N–H and O–H groups in total. The molecule has 0 radical (unpaired) electrons. The highest BCUT2D eigenvalue weighted by molar-refractivity contribution is 9.10. The number of rotatable bonds is 3. The van der Waals surface area contributed by atoms with Crippen molar-refractivity contribution in [1.82, 2.24) is 15.0 Å². The maximum Gasteiger partial charge on any atom is 0.224 e. The van der Waals surface area contributed by atoms with Gasteiger partial charge in [-0.1, -0.05) is 6.07 Å². The van der Waals surface area contributed by atoms with Crippen LogP contribution in [-0.2, 0) is 6.54 Å². The second-order valence-electron chi connectivity index (χ2n) is 3.50. The van der Waals surface area contributed by atoms with Gasteiger partial charge in [0.05, 0.1) is 4.47 Å². The molecule has 0 fully saturated rings. The summed E-state index contributed by atoms with van der Waals surface area (Å²) in [7, 11) is 0. The molecule has 17 heavy (non-hydrogen) atoms. The summed E-state index contributed by atoms with van der Waals surface area (Å²) in [5.74, 6) is 0.672. The van der Waals surface area contributed by atoms with Gasteiger partial charge in [0.2, 0.25) is 5.28 Å². The quantitative estimate of drug-likeness (QED) is 0.884. The first-order chi connectivity index (χ1) is 8.15. The maximum atomic E-state index is 5.72. The molecule has 2 aromatic heterocycles. The lowest BCUT2D eigenvalue weighted by molar-refractivity contribution is 1.05. The fourth-order valence-corrected chi connectivity index (χ4v) is 1.72. The van der Waals surface area contributed by atoms with Crippen LogP contribution in [0.2, 0.25) is 5.28 Å². The van der Waals surface area contributed by atoms with Gasteiger partial charge in [0.25, 0.3) is 0 Å². The Balaban J connectivity index is 2.07. The molecule has 0 atom stereocenters. The average Bonchev–Trinajstić information content (AvgIpc) is 2.32. The predicted octanol–water partition coefficient (Wildman–Crippen LogP) is 3.21. The van der Waals surface area contributed by atoms with Crippen molar-refractivity contribution >= 4 is 33.3 Å². The fourth-order valence-electron chi connectivity index (χ4n) is 1.26. The van der Waals surface area contributed by atoms with E-state index in [-0.39, 0.29) is 5.28 Å². The van der Waals surface area contributed by atoms with E-state index in [9.17, 15) is 0 Å². The minimum Gasteiger partial charge on any atom is -0.365 e. The maximum absolute atomic E-state index is 5.72. The summed E-state index contributed by atoms with van der Waals surface area (Å²) in [5.41, 5.74) is 2.08. The normalized spacial score (nSPS) is 10.3. The molecule has 0 spiro atoms. The van der Waals surface area contributed by atoms with E-state index >= 15 is 0 Å². The molecule has 2 rings (SSSR count). The van der Waals surface area contributed by atoms with E-state index < -0.39 is 0 Å². The monoisotopic (exact) mass is 312 g/mol. The van der Waals surface area contributed by atoms with Crippen molar-refractivity contribution in [2.24, 2.45) is 0 Å². The van der Waals surface area contributed by atoms with Crippen LogP contribution < -0.4 is 5.32 Å². The number of halogens is 2. The van der Waals surface area contributed by atoms with Gasteiger partial charge in [-0.2, -0.15) is 4.98 Å². The minimum absolute atomic E-state index is 0.220. The summed E-state index contributed by atoms with van der Waals surface area (Å²) in [6.45, 7) is 2.59.